The van der Waals surface area contributed by atoms with E-state index in [4.69, 9.17) is 4.74 Å². The molecule has 1 atom stereocenters. The Morgan fingerprint density at radius 3 is 2.72 bits per heavy atom. The summed E-state index contributed by atoms with van der Waals surface area (Å²) in [5.41, 5.74) is 3.81. The summed E-state index contributed by atoms with van der Waals surface area (Å²) in [4.78, 5) is 47.3. The number of carbonyl (C=O) groups excluding carboxylic acids is 2. The molecule has 1 aliphatic carbocycles. The van der Waals surface area contributed by atoms with Gasteiger partial charge in [0.05, 0.1) is 13.2 Å². The topological polar surface area (TPSA) is 152 Å². The second-order valence-electron chi connectivity index (χ2n) is 8.24. The van der Waals surface area contributed by atoms with Gasteiger partial charge in [0.2, 0.25) is 0 Å². The van der Waals surface area contributed by atoms with E-state index in [0.29, 0.717) is 18.0 Å². The molecule has 0 bridgehead atoms. The van der Waals surface area contributed by atoms with Crippen LogP contribution in [0, 0.1) is 0 Å². The molecule has 0 unspecified atom stereocenters. The van der Waals surface area contributed by atoms with E-state index in [-0.39, 0.29) is 24.0 Å². The van der Waals surface area contributed by atoms with Crippen molar-refractivity contribution < 1.29 is 18.8 Å². The largest absolute Gasteiger partial charge is 0.497 e. The first-order valence-electron chi connectivity index (χ1n) is 11.2. The molecule has 0 saturated carbocycles. The van der Waals surface area contributed by atoms with E-state index in [2.05, 4.69) is 35.3 Å². The molecule has 4 aromatic rings. The minimum Gasteiger partial charge on any atom is -0.497 e. The van der Waals surface area contributed by atoms with Crippen molar-refractivity contribution in [2.24, 2.45) is 0 Å². The van der Waals surface area contributed by atoms with Crippen LogP contribution in [0.2, 0.25) is 0 Å². The summed E-state index contributed by atoms with van der Waals surface area (Å²) in [5, 5.41) is 9.49. The van der Waals surface area contributed by atoms with Gasteiger partial charge in [0.25, 0.3) is 11.8 Å². The van der Waals surface area contributed by atoms with Gasteiger partial charge in [-0.3, -0.25) is 19.1 Å². The van der Waals surface area contributed by atoms with Gasteiger partial charge in [0, 0.05) is 18.2 Å². The fourth-order valence-electron chi connectivity index (χ4n) is 4.16. The van der Waals surface area contributed by atoms with E-state index in [0.717, 1.165) is 28.7 Å². The van der Waals surface area contributed by atoms with E-state index in [9.17, 15) is 14.4 Å². The molecule has 0 saturated heterocycles. The second-order valence-corrected chi connectivity index (χ2v) is 8.24. The van der Waals surface area contributed by atoms with Crippen LogP contribution in [-0.2, 0) is 13.0 Å². The van der Waals surface area contributed by atoms with Crippen LogP contribution in [0.15, 0.2) is 64.2 Å². The van der Waals surface area contributed by atoms with Gasteiger partial charge < -0.3 is 15.4 Å². The number of hydrogen-bond donors (Lipinski definition) is 3. The molecular formula is C25H22N6O5. The Morgan fingerprint density at radius 1 is 1.11 bits per heavy atom. The number of fused-ring (bicyclic) bond motifs is 1. The Hall–Kier alpha value is -4.80. The van der Waals surface area contributed by atoms with Crippen LogP contribution in [0.1, 0.15) is 50.1 Å². The Bertz CT molecular complexity index is 1490. The number of carbonyl (C=O) groups is 2. The Kier molecular flexibility index (Phi) is 6.27. The van der Waals surface area contributed by atoms with Gasteiger partial charge in [0.15, 0.2) is 5.82 Å². The highest BCUT2D eigenvalue weighted by Crippen LogP contribution is 2.33. The smallest absolute Gasteiger partial charge is 0.439 e. The third-order valence-electron chi connectivity index (χ3n) is 5.96. The first-order chi connectivity index (χ1) is 17.5. The van der Waals surface area contributed by atoms with Gasteiger partial charge >= 0.3 is 5.76 Å². The molecular weight excluding hydrogens is 464 g/mol. The van der Waals surface area contributed by atoms with Crippen LogP contribution < -0.4 is 21.1 Å². The van der Waals surface area contributed by atoms with Crippen molar-refractivity contribution in [3.8, 4) is 17.1 Å². The molecule has 182 valence electrons. The number of methoxy groups -OCH3 is 1. The lowest BCUT2D eigenvalue weighted by Crippen LogP contribution is -2.29. The molecule has 11 heteroatoms. The van der Waals surface area contributed by atoms with Crippen molar-refractivity contribution >= 4 is 11.8 Å². The zero-order valence-electron chi connectivity index (χ0n) is 19.3. The summed E-state index contributed by atoms with van der Waals surface area (Å²) in [7, 11) is 1.58. The predicted octanol–water partition coefficient (Wildman–Crippen LogP) is 2.18. The maximum atomic E-state index is 12.9. The van der Waals surface area contributed by atoms with E-state index in [1.807, 2.05) is 42.5 Å². The summed E-state index contributed by atoms with van der Waals surface area (Å²) >= 11 is 0. The Labute approximate surface area is 204 Å². The van der Waals surface area contributed by atoms with Crippen molar-refractivity contribution in [2.45, 2.75) is 25.4 Å². The summed E-state index contributed by atoms with van der Waals surface area (Å²) in [6, 6.07) is 14.1. The summed E-state index contributed by atoms with van der Waals surface area (Å²) in [5.74, 6) is -0.385. The van der Waals surface area contributed by atoms with Crippen molar-refractivity contribution in [3.05, 3.63) is 93.5 Å². The van der Waals surface area contributed by atoms with Crippen LogP contribution in [0.3, 0.4) is 0 Å². The number of amides is 2. The number of nitrogens with one attached hydrogen (secondary N) is 3. The van der Waals surface area contributed by atoms with Gasteiger partial charge in [-0.1, -0.05) is 29.4 Å². The zero-order chi connectivity index (χ0) is 25.1. The maximum absolute atomic E-state index is 12.9. The van der Waals surface area contributed by atoms with E-state index in [1.165, 1.54) is 12.4 Å². The molecule has 36 heavy (non-hydrogen) atoms. The average Bonchev–Trinajstić information content (AvgIpc) is 3.53. The molecule has 11 nitrogen and oxygen atoms in total. The van der Waals surface area contributed by atoms with Gasteiger partial charge in [-0.05, 0) is 47.7 Å². The summed E-state index contributed by atoms with van der Waals surface area (Å²) < 4.78 is 9.77. The highest BCUT2D eigenvalue weighted by atomic mass is 16.5. The third kappa shape index (κ3) is 4.85. The van der Waals surface area contributed by atoms with Crippen LogP contribution in [0.5, 0.6) is 5.75 Å². The molecule has 0 radical (unpaired) electrons. The molecule has 2 heterocycles. The minimum absolute atomic E-state index is 0.0936. The SMILES string of the molecule is COc1cccc(CNC(=O)c2cc(C(=O)N[C@H]3CCc4cc(-c5noc(=O)[nH]5)ccc43)ncn2)c1. The van der Waals surface area contributed by atoms with Gasteiger partial charge in [-0.15, -0.1) is 0 Å². The first kappa shape index (κ1) is 23.0. The third-order valence-corrected chi connectivity index (χ3v) is 5.96. The van der Waals surface area contributed by atoms with E-state index in [1.54, 1.807) is 7.11 Å². The first-order valence-corrected chi connectivity index (χ1v) is 11.2. The number of nitrogens with zero attached hydrogens (tertiary/aromatic N) is 3. The fourth-order valence-corrected chi connectivity index (χ4v) is 4.16. The predicted molar refractivity (Wildman–Crippen MR) is 127 cm³/mol. The number of hydrogen-bond acceptors (Lipinski definition) is 8. The van der Waals surface area contributed by atoms with E-state index < -0.39 is 17.6 Å². The number of aromatic nitrogens is 4. The van der Waals surface area contributed by atoms with Gasteiger partial charge in [-0.25, -0.2) is 14.8 Å². The highest BCUT2D eigenvalue weighted by Gasteiger charge is 2.26. The van der Waals surface area contributed by atoms with Crippen molar-refractivity contribution in [3.63, 3.8) is 0 Å². The molecule has 2 aromatic heterocycles. The lowest BCUT2D eigenvalue weighted by molar-refractivity contribution is 0.0931. The number of rotatable bonds is 7. The van der Waals surface area contributed by atoms with Crippen LogP contribution in [0.4, 0.5) is 0 Å². The summed E-state index contributed by atoms with van der Waals surface area (Å²) in [6.45, 7) is 0.282. The molecule has 3 N–H and O–H groups in total. The molecule has 5 rings (SSSR count). The van der Waals surface area contributed by atoms with Crippen LogP contribution in [0.25, 0.3) is 11.4 Å². The molecule has 2 amide bonds. The van der Waals surface area contributed by atoms with Crippen LogP contribution in [-0.4, -0.2) is 39.0 Å². The van der Waals surface area contributed by atoms with Gasteiger partial charge in [-0.2, -0.15) is 0 Å². The standard InChI is InChI=1S/C25H22N6O5/c1-35-17-4-2-3-14(9-17)12-26-23(32)20-11-21(28-13-27-20)24(33)29-19-8-6-15-10-16(5-7-18(15)19)22-30-25(34)36-31-22/h2-5,7,9-11,13,19H,6,8,12H2,1H3,(H,26,32)(H,29,33)(H,30,31,34)/t19-/m0/s1. The number of aryl methyl sites for hydroxylation is 1. The lowest BCUT2D eigenvalue weighted by atomic mass is 10.0. The number of benzene rings is 2. The Balaban J connectivity index is 1.24. The average molecular weight is 486 g/mol. The molecule has 1 aliphatic rings. The van der Waals surface area contributed by atoms with E-state index >= 15 is 0 Å². The number of aromatic amines is 1. The molecule has 0 spiro atoms. The van der Waals surface area contributed by atoms with Crippen molar-refractivity contribution in [1.29, 1.82) is 0 Å². The molecule has 0 fully saturated rings. The highest BCUT2D eigenvalue weighted by molar-refractivity contribution is 5.97. The monoisotopic (exact) mass is 486 g/mol. The normalized spacial score (nSPS) is 14.2. The van der Waals surface area contributed by atoms with Gasteiger partial charge in [0.1, 0.15) is 23.5 Å². The maximum Gasteiger partial charge on any atom is 0.439 e. The quantitative estimate of drug-likeness (QED) is 0.359. The summed E-state index contributed by atoms with van der Waals surface area (Å²) in [6.07, 6.45) is 2.65. The van der Waals surface area contributed by atoms with Crippen molar-refractivity contribution in [1.82, 2.24) is 30.7 Å². The zero-order valence-corrected chi connectivity index (χ0v) is 19.3. The minimum atomic E-state index is -0.617. The fraction of sp³-hybridized carbons (Fsp3) is 0.200. The molecule has 0 aliphatic heterocycles. The Morgan fingerprint density at radius 2 is 1.94 bits per heavy atom. The number of H-pyrrole nitrogens is 1. The lowest BCUT2D eigenvalue weighted by Gasteiger charge is -2.14. The van der Waals surface area contributed by atoms with Crippen molar-refractivity contribution in [2.75, 3.05) is 7.11 Å². The number of ether oxygens (including phenoxy) is 1. The van der Waals surface area contributed by atoms with Crippen LogP contribution >= 0.6 is 0 Å². The second kappa shape index (κ2) is 9.82. The molecule has 2 aromatic carbocycles.